The van der Waals surface area contributed by atoms with Gasteiger partial charge in [-0.05, 0) is 18.6 Å². The van der Waals surface area contributed by atoms with Crippen molar-refractivity contribution in [1.82, 2.24) is 0 Å². The zero-order chi connectivity index (χ0) is 13.5. The van der Waals surface area contributed by atoms with Gasteiger partial charge < -0.3 is 15.6 Å². The summed E-state index contributed by atoms with van der Waals surface area (Å²) in [6.45, 7) is 1.77. The van der Waals surface area contributed by atoms with Gasteiger partial charge in [0.1, 0.15) is 11.8 Å². The number of hydrogen-bond donors (Lipinski definition) is 2. The lowest BCUT2D eigenvalue weighted by Crippen LogP contribution is -2.34. The number of para-hydroxylation sites is 1. The Bertz CT molecular complexity index is 404. The van der Waals surface area contributed by atoms with E-state index in [-0.39, 0.29) is 33.2 Å². The average molecular weight is 306 g/mol. The Balaban J connectivity index is 0.00000324. The molecule has 106 valence electrons. The molecule has 0 spiro atoms. The molecule has 3 N–H and O–H groups in total. The van der Waals surface area contributed by atoms with Gasteiger partial charge in [-0.1, -0.05) is 25.1 Å². The largest absolute Gasteiger partial charge is 0.480 e. The van der Waals surface area contributed by atoms with Gasteiger partial charge in [-0.25, -0.2) is 0 Å². The van der Waals surface area contributed by atoms with Gasteiger partial charge in [0.15, 0.2) is 5.85 Å². The molecular formula is C12H17ClNO4P. The number of carboxylic acid groups (broad SMARTS) is 1. The maximum Gasteiger partial charge on any atom is 0.320 e. The van der Waals surface area contributed by atoms with Crippen LogP contribution in [0.2, 0.25) is 0 Å². The van der Waals surface area contributed by atoms with Crippen molar-refractivity contribution in [2.75, 3.05) is 0 Å². The molecule has 7 heteroatoms. The molecule has 0 amide bonds. The molecule has 5 nitrogen and oxygen atoms in total. The second-order valence-electron chi connectivity index (χ2n) is 4.08. The zero-order valence-electron chi connectivity index (χ0n) is 10.4. The van der Waals surface area contributed by atoms with Gasteiger partial charge >= 0.3 is 5.97 Å². The molecule has 0 heterocycles. The Morgan fingerprint density at radius 1 is 1.42 bits per heavy atom. The van der Waals surface area contributed by atoms with Crippen molar-refractivity contribution in [2.45, 2.75) is 25.2 Å². The standard InChI is InChI=1S/C12H16NO4P.ClH/c1-8(7-10(13)11(14)15)12(18-16)17-9-5-3-2-4-6-9;/h2-6,8,10,12H,7,13H2,1H3,(H,14,15);1H/t8?,10-,12?;/m0./s1. The third-order valence-electron chi connectivity index (χ3n) is 2.53. The van der Waals surface area contributed by atoms with E-state index in [0.717, 1.165) is 0 Å². The molecule has 0 aliphatic rings. The lowest BCUT2D eigenvalue weighted by atomic mass is 10.0. The summed E-state index contributed by atoms with van der Waals surface area (Å²) in [7, 11) is -0.184. The van der Waals surface area contributed by atoms with Crippen LogP contribution in [0.5, 0.6) is 5.75 Å². The van der Waals surface area contributed by atoms with E-state index in [9.17, 15) is 9.36 Å². The maximum absolute atomic E-state index is 11.1. The molecule has 1 aromatic rings. The molecule has 1 aromatic carbocycles. The van der Waals surface area contributed by atoms with Crippen LogP contribution in [0.3, 0.4) is 0 Å². The number of hydrogen-bond acceptors (Lipinski definition) is 4. The van der Waals surface area contributed by atoms with E-state index < -0.39 is 17.9 Å². The highest BCUT2D eigenvalue weighted by atomic mass is 35.5. The van der Waals surface area contributed by atoms with E-state index in [1.165, 1.54) is 0 Å². The number of halogens is 1. The van der Waals surface area contributed by atoms with Gasteiger partial charge in [-0.2, -0.15) is 0 Å². The molecule has 0 saturated carbocycles. The topological polar surface area (TPSA) is 89.6 Å². The summed E-state index contributed by atoms with van der Waals surface area (Å²) in [5.41, 5.74) is 5.44. The van der Waals surface area contributed by atoms with E-state index in [1.807, 2.05) is 18.2 Å². The third kappa shape index (κ3) is 6.01. The van der Waals surface area contributed by atoms with Crippen LogP contribution < -0.4 is 10.5 Å². The number of carboxylic acids is 1. The van der Waals surface area contributed by atoms with Gasteiger partial charge in [0.2, 0.25) is 8.46 Å². The van der Waals surface area contributed by atoms with E-state index in [1.54, 1.807) is 19.1 Å². The fourth-order valence-electron chi connectivity index (χ4n) is 1.50. The normalized spacial score (nSPS) is 15.1. The fourth-order valence-corrected chi connectivity index (χ4v) is 1.99. The van der Waals surface area contributed by atoms with Crippen molar-refractivity contribution >= 4 is 26.8 Å². The quantitative estimate of drug-likeness (QED) is 0.756. The molecule has 0 fully saturated rings. The van der Waals surface area contributed by atoms with Crippen LogP contribution in [0, 0.1) is 5.92 Å². The Morgan fingerprint density at radius 3 is 2.47 bits per heavy atom. The molecule has 0 bridgehead atoms. The molecule has 1 rings (SSSR count). The summed E-state index contributed by atoms with van der Waals surface area (Å²) in [4.78, 5) is 10.7. The SMILES string of the molecule is CC(C[C@H](N)C(=O)O)C(Oc1ccccc1)P=O.Cl. The van der Waals surface area contributed by atoms with Crippen molar-refractivity contribution in [1.29, 1.82) is 0 Å². The van der Waals surface area contributed by atoms with Crippen LogP contribution in [0.25, 0.3) is 0 Å². The summed E-state index contributed by atoms with van der Waals surface area (Å²) in [6.07, 6.45) is 0.210. The van der Waals surface area contributed by atoms with Crippen LogP contribution >= 0.6 is 20.9 Å². The first kappa shape index (κ1) is 17.8. The molecule has 19 heavy (non-hydrogen) atoms. The highest BCUT2D eigenvalue weighted by Crippen LogP contribution is 2.25. The van der Waals surface area contributed by atoms with Gasteiger partial charge in [0.25, 0.3) is 0 Å². The first-order valence-electron chi connectivity index (χ1n) is 5.57. The average Bonchev–Trinajstić information content (AvgIpc) is 2.36. The molecule has 0 radical (unpaired) electrons. The third-order valence-corrected chi connectivity index (χ3v) is 3.36. The van der Waals surface area contributed by atoms with E-state index in [4.69, 9.17) is 15.6 Å². The molecule has 0 aliphatic heterocycles. The highest BCUT2D eigenvalue weighted by Gasteiger charge is 2.24. The summed E-state index contributed by atoms with van der Waals surface area (Å²) in [6, 6.07) is 8.00. The lowest BCUT2D eigenvalue weighted by Gasteiger charge is -2.20. The molecule has 2 unspecified atom stereocenters. The number of ether oxygens (including phenoxy) is 1. The molecule has 0 aromatic heterocycles. The van der Waals surface area contributed by atoms with Crippen LogP contribution in [0.4, 0.5) is 0 Å². The number of carbonyl (C=O) groups is 1. The van der Waals surface area contributed by atoms with Gasteiger partial charge in [0, 0.05) is 5.92 Å². The second-order valence-corrected chi connectivity index (χ2v) is 4.80. The van der Waals surface area contributed by atoms with Gasteiger partial charge in [-0.15, -0.1) is 12.4 Å². The minimum Gasteiger partial charge on any atom is -0.480 e. The van der Waals surface area contributed by atoms with Gasteiger partial charge in [-0.3, -0.25) is 9.36 Å². The summed E-state index contributed by atoms with van der Waals surface area (Å²) >= 11 is 0. The zero-order valence-corrected chi connectivity index (χ0v) is 12.1. The van der Waals surface area contributed by atoms with Crippen molar-refractivity contribution in [3.05, 3.63) is 30.3 Å². The van der Waals surface area contributed by atoms with E-state index in [2.05, 4.69) is 0 Å². The first-order chi connectivity index (χ1) is 8.54. The molecule has 0 aliphatic carbocycles. The Morgan fingerprint density at radius 2 is 2.00 bits per heavy atom. The maximum atomic E-state index is 11.1. The number of benzene rings is 1. The highest BCUT2D eigenvalue weighted by molar-refractivity contribution is 7.24. The van der Waals surface area contributed by atoms with Crippen LogP contribution in [0.1, 0.15) is 13.3 Å². The minimum absolute atomic E-state index is 0. The lowest BCUT2D eigenvalue weighted by molar-refractivity contribution is -0.139. The van der Waals surface area contributed by atoms with E-state index >= 15 is 0 Å². The number of nitrogens with two attached hydrogens (primary N) is 1. The van der Waals surface area contributed by atoms with Crippen molar-refractivity contribution in [2.24, 2.45) is 11.7 Å². The minimum atomic E-state index is -1.07. The predicted octanol–water partition coefficient (Wildman–Crippen LogP) is 2.54. The molecule has 0 saturated heterocycles. The van der Waals surface area contributed by atoms with Gasteiger partial charge in [0.05, 0.1) is 0 Å². The Hall–Kier alpha value is -1.16. The Labute approximate surface area is 119 Å². The number of aliphatic carboxylic acids is 1. The van der Waals surface area contributed by atoms with Crippen molar-refractivity contribution in [3.8, 4) is 5.75 Å². The first-order valence-corrected chi connectivity index (χ1v) is 6.45. The predicted molar refractivity (Wildman–Crippen MR) is 75.1 cm³/mol. The van der Waals surface area contributed by atoms with Crippen LogP contribution in [-0.2, 0) is 9.36 Å². The summed E-state index contributed by atoms with van der Waals surface area (Å²) in [5, 5.41) is 8.73. The fraction of sp³-hybridized carbons (Fsp3) is 0.417. The smallest absolute Gasteiger partial charge is 0.320 e. The Kier molecular flexibility index (Phi) is 8.32. The summed E-state index contributed by atoms with van der Waals surface area (Å²) in [5.74, 6) is -1.29. The van der Waals surface area contributed by atoms with Crippen LogP contribution in [0.15, 0.2) is 30.3 Å². The molecular weight excluding hydrogens is 289 g/mol. The molecule has 3 atom stereocenters. The van der Waals surface area contributed by atoms with Crippen molar-refractivity contribution in [3.63, 3.8) is 0 Å². The summed E-state index contributed by atoms with van der Waals surface area (Å²) < 4.78 is 16.6. The van der Waals surface area contributed by atoms with Crippen molar-refractivity contribution < 1.29 is 19.2 Å². The monoisotopic (exact) mass is 305 g/mol. The van der Waals surface area contributed by atoms with E-state index in [0.29, 0.717) is 5.75 Å². The number of rotatable bonds is 7. The van der Waals surface area contributed by atoms with Crippen LogP contribution in [-0.4, -0.2) is 23.0 Å². The second kappa shape index (κ2) is 8.86.